The predicted octanol–water partition coefficient (Wildman–Crippen LogP) is 4.21. The minimum atomic E-state index is 0.0353. The summed E-state index contributed by atoms with van der Waals surface area (Å²) in [6.45, 7) is 2.32. The highest BCUT2D eigenvalue weighted by atomic mass is 32.1. The van der Waals surface area contributed by atoms with Gasteiger partial charge in [-0.25, -0.2) is 0 Å². The number of thiocarbonyl (C=S) groups is 1. The number of pyridine rings is 1. The lowest BCUT2D eigenvalue weighted by Gasteiger charge is -2.32. The number of hydrogen-bond acceptors (Lipinski definition) is 2. The van der Waals surface area contributed by atoms with E-state index in [2.05, 4.69) is 46.8 Å². The number of benzene rings is 1. The molecule has 0 spiro atoms. The molecule has 0 radical (unpaired) electrons. The summed E-state index contributed by atoms with van der Waals surface area (Å²) in [5.74, 6) is 0.676. The zero-order chi connectivity index (χ0) is 16.8. The van der Waals surface area contributed by atoms with E-state index in [0.717, 1.165) is 10.7 Å². The van der Waals surface area contributed by atoms with Gasteiger partial charge in [-0.2, -0.15) is 0 Å². The second-order valence-electron chi connectivity index (χ2n) is 6.61. The van der Waals surface area contributed by atoms with Gasteiger partial charge in [-0.3, -0.25) is 4.98 Å². The van der Waals surface area contributed by atoms with Gasteiger partial charge < -0.3 is 10.6 Å². The van der Waals surface area contributed by atoms with Gasteiger partial charge >= 0.3 is 0 Å². The van der Waals surface area contributed by atoms with Gasteiger partial charge in [-0.15, -0.1) is 0 Å². The smallest absolute Gasteiger partial charge is 0.167 e. The number of aromatic nitrogens is 1. The van der Waals surface area contributed by atoms with Crippen molar-refractivity contribution >= 4 is 17.3 Å². The molecule has 2 N–H and O–H groups in total. The third-order valence-corrected chi connectivity index (χ3v) is 5.11. The predicted molar refractivity (Wildman–Crippen MR) is 103 cm³/mol. The molecule has 1 saturated carbocycles. The molecular weight excluding hydrogens is 314 g/mol. The fourth-order valence-electron chi connectivity index (χ4n) is 3.43. The van der Waals surface area contributed by atoms with Crippen LogP contribution in [0, 0.1) is 5.92 Å². The average molecular weight is 340 g/mol. The topological polar surface area (TPSA) is 37.0 Å². The quantitative estimate of drug-likeness (QED) is 0.818. The highest BCUT2D eigenvalue weighted by molar-refractivity contribution is 7.80. The summed E-state index contributed by atoms with van der Waals surface area (Å²) in [7, 11) is 0. The van der Waals surface area contributed by atoms with Gasteiger partial charge in [-0.05, 0) is 54.2 Å². The van der Waals surface area contributed by atoms with Crippen molar-refractivity contribution < 1.29 is 0 Å². The van der Waals surface area contributed by atoms with Crippen LogP contribution in [-0.2, 0) is 0 Å². The maximum absolute atomic E-state index is 5.63. The molecule has 1 heterocycles. The summed E-state index contributed by atoms with van der Waals surface area (Å²) < 4.78 is 0. The summed E-state index contributed by atoms with van der Waals surface area (Å²) in [6, 6.07) is 15.0. The lowest BCUT2D eigenvalue weighted by molar-refractivity contribution is 0.307. The molecule has 1 aliphatic rings. The monoisotopic (exact) mass is 339 g/mol. The first-order valence-electron chi connectivity index (χ1n) is 8.76. The van der Waals surface area contributed by atoms with E-state index in [-0.39, 0.29) is 6.04 Å². The van der Waals surface area contributed by atoms with E-state index in [1.165, 1.54) is 31.2 Å². The van der Waals surface area contributed by atoms with Gasteiger partial charge in [0.25, 0.3) is 0 Å². The van der Waals surface area contributed by atoms with Crippen LogP contribution in [0.1, 0.15) is 49.8 Å². The number of nitrogens with zero attached hydrogens (tertiary/aromatic N) is 1. The van der Waals surface area contributed by atoms with Crippen LogP contribution in [-0.4, -0.2) is 16.1 Å². The molecular formula is C20H25N3S. The lowest BCUT2D eigenvalue weighted by atomic mass is 9.86. The van der Waals surface area contributed by atoms with Crippen molar-refractivity contribution in [3.8, 4) is 0 Å². The Hall–Kier alpha value is -1.94. The lowest BCUT2D eigenvalue weighted by Crippen LogP contribution is -2.47. The Balaban J connectivity index is 1.73. The molecule has 0 bridgehead atoms. The van der Waals surface area contributed by atoms with Crippen molar-refractivity contribution in [3.05, 3.63) is 66.0 Å². The minimum absolute atomic E-state index is 0.0353. The Morgan fingerprint density at radius 2 is 1.71 bits per heavy atom. The van der Waals surface area contributed by atoms with Gasteiger partial charge in [0.2, 0.25) is 0 Å². The van der Waals surface area contributed by atoms with Crippen molar-refractivity contribution in [3.63, 3.8) is 0 Å². The first kappa shape index (κ1) is 16.9. The Morgan fingerprint density at radius 3 is 2.42 bits per heavy atom. The normalized spacial score (nSPS) is 21.7. The summed E-state index contributed by atoms with van der Waals surface area (Å²) in [4.78, 5) is 4.13. The van der Waals surface area contributed by atoms with E-state index < -0.39 is 0 Å². The van der Waals surface area contributed by atoms with Gasteiger partial charge in [0, 0.05) is 18.4 Å². The van der Waals surface area contributed by atoms with Crippen molar-refractivity contribution in [2.24, 2.45) is 5.92 Å². The molecule has 0 amide bonds. The second-order valence-corrected chi connectivity index (χ2v) is 7.02. The third kappa shape index (κ3) is 4.32. The zero-order valence-corrected chi connectivity index (χ0v) is 14.9. The summed E-state index contributed by atoms with van der Waals surface area (Å²) >= 11 is 5.63. The summed E-state index contributed by atoms with van der Waals surface area (Å²) in [6.07, 6.45) is 8.76. The Kier molecular flexibility index (Phi) is 5.81. The molecule has 1 fully saturated rings. The molecule has 1 aromatic carbocycles. The standard InChI is InChI=1S/C20H25N3S/c1-15-7-5-6-10-18(15)22-20(24)23-19(16-8-3-2-4-9-16)17-11-13-21-14-12-17/h2-4,8-9,11-15,18-19H,5-7,10H2,1H3,(H2,22,23,24)/t15-,18+,19+/m1/s1. The van der Waals surface area contributed by atoms with Crippen molar-refractivity contribution in [1.82, 2.24) is 15.6 Å². The molecule has 3 nitrogen and oxygen atoms in total. The van der Waals surface area contributed by atoms with E-state index in [9.17, 15) is 0 Å². The van der Waals surface area contributed by atoms with Crippen LogP contribution in [0.3, 0.4) is 0 Å². The minimum Gasteiger partial charge on any atom is -0.360 e. The Bertz CT molecular complexity index is 605. The van der Waals surface area contributed by atoms with Crippen LogP contribution in [0.2, 0.25) is 0 Å². The van der Waals surface area contributed by atoms with Crippen molar-refractivity contribution in [1.29, 1.82) is 0 Å². The maximum Gasteiger partial charge on any atom is 0.167 e. The molecule has 1 aliphatic carbocycles. The molecule has 1 aromatic heterocycles. The molecule has 0 saturated heterocycles. The Labute approximate surface area is 149 Å². The first-order valence-corrected chi connectivity index (χ1v) is 9.17. The van der Waals surface area contributed by atoms with E-state index >= 15 is 0 Å². The van der Waals surface area contributed by atoms with Crippen LogP contribution < -0.4 is 10.6 Å². The van der Waals surface area contributed by atoms with E-state index in [4.69, 9.17) is 12.2 Å². The van der Waals surface area contributed by atoms with Crippen LogP contribution in [0.5, 0.6) is 0 Å². The molecule has 3 atom stereocenters. The molecule has 4 heteroatoms. The number of rotatable bonds is 4. The highest BCUT2D eigenvalue weighted by Gasteiger charge is 2.23. The van der Waals surface area contributed by atoms with E-state index in [1.54, 1.807) is 0 Å². The van der Waals surface area contributed by atoms with E-state index in [1.807, 2.05) is 30.6 Å². The fourth-order valence-corrected chi connectivity index (χ4v) is 3.70. The summed E-state index contributed by atoms with van der Waals surface area (Å²) in [5, 5.41) is 7.79. The average Bonchev–Trinajstić information content (AvgIpc) is 2.63. The molecule has 0 aliphatic heterocycles. The zero-order valence-electron chi connectivity index (χ0n) is 14.1. The SMILES string of the molecule is C[C@@H]1CCCC[C@@H]1NC(=S)N[C@@H](c1ccccc1)c1ccncc1. The van der Waals surface area contributed by atoms with Gasteiger partial charge in [-0.1, -0.05) is 50.1 Å². The summed E-state index contributed by atoms with van der Waals surface area (Å²) in [5.41, 5.74) is 2.36. The number of hydrogen-bond donors (Lipinski definition) is 2. The van der Waals surface area contributed by atoms with Crippen molar-refractivity contribution in [2.75, 3.05) is 0 Å². The second kappa shape index (κ2) is 8.25. The van der Waals surface area contributed by atoms with Crippen LogP contribution >= 0.6 is 12.2 Å². The largest absolute Gasteiger partial charge is 0.360 e. The third-order valence-electron chi connectivity index (χ3n) is 4.88. The molecule has 126 valence electrons. The molecule has 2 aromatic rings. The Morgan fingerprint density at radius 1 is 1.04 bits per heavy atom. The van der Waals surface area contributed by atoms with Crippen LogP contribution in [0.25, 0.3) is 0 Å². The maximum atomic E-state index is 5.63. The van der Waals surface area contributed by atoms with Gasteiger partial charge in [0.1, 0.15) is 0 Å². The first-order chi connectivity index (χ1) is 11.7. The molecule has 3 rings (SSSR count). The van der Waals surface area contributed by atoms with Crippen LogP contribution in [0.4, 0.5) is 0 Å². The number of nitrogens with one attached hydrogen (secondary N) is 2. The molecule has 24 heavy (non-hydrogen) atoms. The molecule has 0 unspecified atom stereocenters. The highest BCUT2D eigenvalue weighted by Crippen LogP contribution is 2.24. The van der Waals surface area contributed by atoms with E-state index in [0.29, 0.717) is 12.0 Å². The van der Waals surface area contributed by atoms with Crippen molar-refractivity contribution in [2.45, 2.75) is 44.7 Å². The fraction of sp³-hybridized carbons (Fsp3) is 0.400. The van der Waals surface area contributed by atoms with Gasteiger partial charge in [0.05, 0.1) is 6.04 Å². The van der Waals surface area contributed by atoms with Gasteiger partial charge in [0.15, 0.2) is 5.11 Å². The van der Waals surface area contributed by atoms with Crippen LogP contribution in [0.15, 0.2) is 54.9 Å².